The lowest BCUT2D eigenvalue weighted by molar-refractivity contribution is 0.809. The van der Waals surface area contributed by atoms with Crippen LogP contribution in [0.2, 0.25) is 0 Å². The molecule has 19 heavy (non-hydrogen) atoms. The molecule has 0 radical (unpaired) electrons. The SMILES string of the molecule is C1=CC(c2ccccc2)Cc2[nH]c3ccccc3c21. The molecule has 1 unspecified atom stereocenters. The fraction of sp³-hybridized carbons (Fsp3) is 0.111. The van der Waals surface area contributed by atoms with E-state index in [4.69, 9.17) is 0 Å². The van der Waals surface area contributed by atoms with E-state index in [1.807, 2.05) is 0 Å². The maximum atomic E-state index is 3.56. The zero-order chi connectivity index (χ0) is 12.7. The molecule has 1 N–H and O–H groups in total. The van der Waals surface area contributed by atoms with Crippen molar-refractivity contribution < 1.29 is 0 Å². The molecule has 1 nitrogen and oxygen atoms in total. The Morgan fingerprint density at radius 2 is 1.68 bits per heavy atom. The predicted octanol–water partition coefficient (Wildman–Crippen LogP) is 4.52. The second-order valence-corrected chi connectivity index (χ2v) is 5.14. The normalized spacial score (nSPS) is 17.6. The Hall–Kier alpha value is -2.28. The van der Waals surface area contributed by atoms with Gasteiger partial charge in [-0.25, -0.2) is 0 Å². The number of nitrogens with one attached hydrogen (secondary N) is 1. The minimum Gasteiger partial charge on any atom is -0.358 e. The van der Waals surface area contributed by atoms with Crippen LogP contribution in [0.1, 0.15) is 22.7 Å². The Morgan fingerprint density at radius 3 is 2.58 bits per heavy atom. The van der Waals surface area contributed by atoms with E-state index in [0.717, 1.165) is 6.42 Å². The standard InChI is InChI=1S/C18H15N/c1-2-6-13(7-3-1)14-10-11-16-15-8-4-5-9-17(15)19-18(16)12-14/h1-11,14,19H,12H2. The molecule has 1 aliphatic carbocycles. The van der Waals surface area contributed by atoms with Crippen LogP contribution in [0.5, 0.6) is 0 Å². The molecule has 0 spiro atoms. The fourth-order valence-electron chi connectivity index (χ4n) is 3.00. The highest BCUT2D eigenvalue weighted by Crippen LogP contribution is 2.33. The van der Waals surface area contributed by atoms with E-state index in [0.29, 0.717) is 5.92 Å². The van der Waals surface area contributed by atoms with Gasteiger partial charge in [-0.15, -0.1) is 0 Å². The number of para-hydroxylation sites is 1. The molecule has 4 rings (SSSR count). The quantitative estimate of drug-likeness (QED) is 0.648. The smallest absolute Gasteiger partial charge is 0.0462 e. The second-order valence-electron chi connectivity index (χ2n) is 5.14. The van der Waals surface area contributed by atoms with Gasteiger partial charge in [0.2, 0.25) is 0 Å². The molecule has 92 valence electrons. The van der Waals surface area contributed by atoms with E-state index < -0.39 is 0 Å². The van der Waals surface area contributed by atoms with Crippen LogP contribution in [-0.4, -0.2) is 4.98 Å². The number of H-pyrrole nitrogens is 1. The van der Waals surface area contributed by atoms with Crippen molar-refractivity contribution in [1.29, 1.82) is 0 Å². The van der Waals surface area contributed by atoms with Crippen molar-refractivity contribution in [1.82, 2.24) is 4.98 Å². The van der Waals surface area contributed by atoms with E-state index in [-0.39, 0.29) is 0 Å². The van der Waals surface area contributed by atoms with Gasteiger partial charge in [-0.2, -0.15) is 0 Å². The Morgan fingerprint density at radius 1 is 0.895 bits per heavy atom. The maximum Gasteiger partial charge on any atom is 0.0462 e. The highest BCUT2D eigenvalue weighted by atomic mass is 14.7. The number of hydrogen-bond donors (Lipinski definition) is 1. The van der Waals surface area contributed by atoms with Crippen molar-refractivity contribution in [3.05, 3.63) is 77.5 Å². The number of fused-ring (bicyclic) bond motifs is 3. The van der Waals surface area contributed by atoms with Gasteiger partial charge in [0.05, 0.1) is 0 Å². The third-order valence-corrected chi connectivity index (χ3v) is 3.97. The Balaban J connectivity index is 1.79. The highest BCUT2D eigenvalue weighted by molar-refractivity contribution is 5.91. The number of rotatable bonds is 1. The molecular weight excluding hydrogens is 230 g/mol. The van der Waals surface area contributed by atoms with Crippen LogP contribution in [0.4, 0.5) is 0 Å². The number of aromatic amines is 1. The Bertz CT molecular complexity index is 750. The van der Waals surface area contributed by atoms with E-state index in [9.17, 15) is 0 Å². The topological polar surface area (TPSA) is 15.8 Å². The first-order chi connectivity index (χ1) is 9.42. The van der Waals surface area contributed by atoms with Crippen molar-refractivity contribution in [3.63, 3.8) is 0 Å². The number of aromatic nitrogens is 1. The molecule has 0 saturated carbocycles. The monoisotopic (exact) mass is 245 g/mol. The summed E-state index contributed by atoms with van der Waals surface area (Å²) in [6.07, 6.45) is 5.66. The lowest BCUT2D eigenvalue weighted by atomic mass is 9.88. The molecule has 0 bridgehead atoms. The summed E-state index contributed by atoms with van der Waals surface area (Å²) in [5, 5.41) is 1.33. The number of benzene rings is 2. The number of hydrogen-bond acceptors (Lipinski definition) is 0. The maximum absolute atomic E-state index is 3.56. The molecule has 0 aliphatic heterocycles. The van der Waals surface area contributed by atoms with Gasteiger partial charge in [-0.05, 0) is 18.1 Å². The van der Waals surface area contributed by atoms with Crippen molar-refractivity contribution in [2.75, 3.05) is 0 Å². The molecule has 1 heterocycles. The second kappa shape index (κ2) is 4.13. The lowest BCUT2D eigenvalue weighted by Crippen LogP contribution is -2.04. The summed E-state index contributed by atoms with van der Waals surface area (Å²) >= 11 is 0. The summed E-state index contributed by atoms with van der Waals surface area (Å²) in [5.41, 5.74) is 5.36. The van der Waals surface area contributed by atoms with Gasteiger partial charge in [-0.3, -0.25) is 0 Å². The van der Waals surface area contributed by atoms with E-state index in [1.165, 1.54) is 27.7 Å². The minimum absolute atomic E-state index is 0.488. The molecule has 2 aromatic carbocycles. The van der Waals surface area contributed by atoms with Crippen LogP contribution in [0, 0.1) is 0 Å². The average Bonchev–Trinajstić information content (AvgIpc) is 2.86. The molecule has 0 fully saturated rings. The van der Waals surface area contributed by atoms with Gasteiger partial charge in [0, 0.05) is 28.1 Å². The van der Waals surface area contributed by atoms with Gasteiger partial charge in [0.15, 0.2) is 0 Å². The first-order valence-electron chi connectivity index (χ1n) is 6.74. The number of allylic oxidation sites excluding steroid dienone is 1. The molecule has 1 aromatic heterocycles. The molecule has 1 atom stereocenters. The first kappa shape index (κ1) is 10.6. The van der Waals surface area contributed by atoms with Gasteiger partial charge >= 0.3 is 0 Å². The fourth-order valence-corrected chi connectivity index (χ4v) is 3.00. The summed E-state index contributed by atoms with van der Waals surface area (Å²) < 4.78 is 0. The van der Waals surface area contributed by atoms with Crippen molar-refractivity contribution in [3.8, 4) is 0 Å². The van der Waals surface area contributed by atoms with Crippen LogP contribution in [0.25, 0.3) is 17.0 Å². The minimum atomic E-state index is 0.488. The highest BCUT2D eigenvalue weighted by Gasteiger charge is 2.18. The van der Waals surface area contributed by atoms with E-state index in [1.54, 1.807) is 0 Å². The summed E-state index contributed by atoms with van der Waals surface area (Å²) in [6, 6.07) is 19.3. The summed E-state index contributed by atoms with van der Waals surface area (Å²) in [7, 11) is 0. The lowest BCUT2D eigenvalue weighted by Gasteiger charge is -2.17. The molecule has 0 saturated heterocycles. The molecule has 1 heteroatoms. The van der Waals surface area contributed by atoms with Crippen LogP contribution in [0.3, 0.4) is 0 Å². The average molecular weight is 245 g/mol. The van der Waals surface area contributed by atoms with Crippen molar-refractivity contribution in [2.45, 2.75) is 12.3 Å². The van der Waals surface area contributed by atoms with E-state index >= 15 is 0 Å². The van der Waals surface area contributed by atoms with Gasteiger partial charge in [0.25, 0.3) is 0 Å². The van der Waals surface area contributed by atoms with Crippen LogP contribution in [0.15, 0.2) is 60.7 Å². The molecule has 3 aromatic rings. The molecule has 1 aliphatic rings. The molecular formula is C18H15N. The van der Waals surface area contributed by atoms with Crippen LogP contribution >= 0.6 is 0 Å². The van der Waals surface area contributed by atoms with Crippen molar-refractivity contribution in [2.24, 2.45) is 0 Å². The Kier molecular flexibility index (Phi) is 2.31. The zero-order valence-corrected chi connectivity index (χ0v) is 10.6. The van der Waals surface area contributed by atoms with Crippen LogP contribution in [-0.2, 0) is 6.42 Å². The summed E-state index contributed by atoms with van der Waals surface area (Å²) in [6.45, 7) is 0. The zero-order valence-electron chi connectivity index (χ0n) is 10.6. The van der Waals surface area contributed by atoms with Gasteiger partial charge < -0.3 is 4.98 Å². The van der Waals surface area contributed by atoms with Crippen molar-refractivity contribution >= 4 is 17.0 Å². The summed E-state index contributed by atoms with van der Waals surface area (Å²) in [4.78, 5) is 3.56. The van der Waals surface area contributed by atoms with E-state index in [2.05, 4.69) is 71.7 Å². The first-order valence-corrected chi connectivity index (χ1v) is 6.74. The van der Waals surface area contributed by atoms with Gasteiger partial charge in [0.1, 0.15) is 0 Å². The third-order valence-electron chi connectivity index (χ3n) is 3.97. The predicted molar refractivity (Wildman–Crippen MR) is 80.2 cm³/mol. The largest absolute Gasteiger partial charge is 0.358 e. The summed E-state index contributed by atoms with van der Waals surface area (Å²) in [5.74, 6) is 0.488. The molecule has 0 amide bonds. The Labute approximate surface area is 112 Å². The van der Waals surface area contributed by atoms with Crippen LogP contribution < -0.4 is 0 Å². The van der Waals surface area contributed by atoms with Gasteiger partial charge in [-0.1, -0.05) is 60.7 Å². The third kappa shape index (κ3) is 1.70.